The van der Waals surface area contributed by atoms with Crippen LogP contribution >= 0.6 is 0 Å². The lowest BCUT2D eigenvalue weighted by Gasteiger charge is -2.15. The molecule has 1 aromatic rings. The van der Waals surface area contributed by atoms with Gasteiger partial charge in [-0.2, -0.15) is 0 Å². The van der Waals surface area contributed by atoms with Crippen LogP contribution in [0.25, 0.3) is 0 Å². The molecule has 7 nitrogen and oxygen atoms in total. The fourth-order valence-electron chi connectivity index (χ4n) is 3.28. The molecule has 0 spiro atoms. The van der Waals surface area contributed by atoms with Crippen molar-refractivity contribution in [2.75, 3.05) is 31.6 Å². The molecule has 0 aliphatic carbocycles. The molecule has 148 valence electrons. The molecule has 2 heterocycles. The second kappa shape index (κ2) is 10.3. The summed E-state index contributed by atoms with van der Waals surface area (Å²) in [5.41, 5.74) is 1.81. The number of amides is 1. The zero-order chi connectivity index (χ0) is 18.9. The highest BCUT2D eigenvalue weighted by molar-refractivity contribution is 5.94. The standard InChI is InChI=1S/C20H30N4O3/c1-2-21-20(23-14-17-8-4-10-26-17)22-13-15-6-3-7-16(12-15)24-19(25)18-9-5-11-27-18/h3,6-7,12,17-18H,2,4-5,8-11,13-14H2,1H3,(H,24,25)(H2,21,22,23). The Hall–Kier alpha value is -2.12. The number of hydrogen-bond acceptors (Lipinski definition) is 4. The van der Waals surface area contributed by atoms with Crippen molar-refractivity contribution >= 4 is 17.6 Å². The van der Waals surface area contributed by atoms with Crippen molar-refractivity contribution in [3.63, 3.8) is 0 Å². The van der Waals surface area contributed by atoms with Crippen LogP contribution in [0.3, 0.4) is 0 Å². The van der Waals surface area contributed by atoms with E-state index in [1.807, 2.05) is 31.2 Å². The van der Waals surface area contributed by atoms with E-state index in [2.05, 4.69) is 20.9 Å². The predicted octanol–water partition coefficient (Wildman–Crippen LogP) is 2.04. The smallest absolute Gasteiger partial charge is 0.253 e. The Morgan fingerprint density at radius 3 is 2.78 bits per heavy atom. The molecule has 7 heteroatoms. The van der Waals surface area contributed by atoms with Crippen molar-refractivity contribution < 1.29 is 14.3 Å². The Balaban J connectivity index is 1.54. The number of ether oxygens (including phenoxy) is 2. The molecule has 0 radical (unpaired) electrons. The van der Waals surface area contributed by atoms with E-state index < -0.39 is 0 Å². The molecule has 1 amide bonds. The van der Waals surface area contributed by atoms with Gasteiger partial charge in [0.1, 0.15) is 6.10 Å². The Labute approximate surface area is 160 Å². The van der Waals surface area contributed by atoms with Gasteiger partial charge in [0.25, 0.3) is 5.91 Å². The second-order valence-electron chi connectivity index (χ2n) is 6.90. The van der Waals surface area contributed by atoms with Gasteiger partial charge in [-0.3, -0.25) is 4.79 Å². The highest BCUT2D eigenvalue weighted by Gasteiger charge is 2.23. The summed E-state index contributed by atoms with van der Waals surface area (Å²) in [6.45, 7) is 5.66. The zero-order valence-corrected chi connectivity index (χ0v) is 16.0. The van der Waals surface area contributed by atoms with Gasteiger partial charge >= 0.3 is 0 Å². The summed E-state index contributed by atoms with van der Waals surface area (Å²) in [5.74, 6) is 0.710. The molecule has 2 saturated heterocycles. The lowest BCUT2D eigenvalue weighted by molar-refractivity contribution is -0.124. The van der Waals surface area contributed by atoms with Crippen LogP contribution in [0.5, 0.6) is 0 Å². The van der Waals surface area contributed by atoms with Crippen molar-refractivity contribution in [3.05, 3.63) is 29.8 Å². The summed E-state index contributed by atoms with van der Waals surface area (Å²) in [6, 6.07) is 7.79. The number of rotatable bonds is 7. The number of hydrogen-bond donors (Lipinski definition) is 3. The summed E-state index contributed by atoms with van der Waals surface area (Å²) >= 11 is 0. The molecule has 2 aliphatic rings. The van der Waals surface area contributed by atoms with Crippen LogP contribution < -0.4 is 16.0 Å². The number of benzene rings is 1. The lowest BCUT2D eigenvalue weighted by atomic mass is 10.2. The molecule has 3 rings (SSSR count). The van der Waals surface area contributed by atoms with E-state index in [1.165, 1.54) is 0 Å². The third-order valence-electron chi connectivity index (χ3n) is 4.70. The van der Waals surface area contributed by atoms with Crippen LogP contribution in [0.15, 0.2) is 29.3 Å². The molecule has 2 fully saturated rings. The summed E-state index contributed by atoms with van der Waals surface area (Å²) < 4.78 is 11.1. The van der Waals surface area contributed by atoms with E-state index in [4.69, 9.17) is 9.47 Å². The summed E-state index contributed by atoms with van der Waals surface area (Å²) in [4.78, 5) is 16.8. The third-order valence-corrected chi connectivity index (χ3v) is 4.70. The molecule has 0 saturated carbocycles. The van der Waals surface area contributed by atoms with Crippen molar-refractivity contribution in [1.82, 2.24) is 10.6 Å². The predicted molar refractivity (Wildman–Crippen MR) is 106 cm³/mol. The summed E-state index contributed by atoms with van der Waals surface area (Å²) in [5, 5.41) is 9.54. The Morgan fingerprint density at radius 2 is 2.04 bits per heavy atom. The van der Waals surface area contributed by atoms with Crippen LogP contribution in [0.1, 0.15) is 38.2 Å². The van der Waals surface area contributed by atoms with Crippen LogP contribution in [-0.2, 0) is 20.8 Å². The number of guanidine groups is 1. The first kappa shape index (κ1) is 19.6. The number of nitrogens with one attached hydrogen (secondary N) is 3. The first-order valence-corrected chi connectivity index (χ1v) is 9.90. The number of aliphatic imine (C=N–C) groups is 1. The second-order valence-corrected chi connectivity index (χ2v) is 6.90. The third kappa shape index (κ3) is 6.22. The van der Waals surface area contributed by atoms with Crippen LogP contribution in [0, 0.1) is 0 Å². The Morgan fingerprint density at radius 1 is 1.19 bits per heavy atom. The zero-order valence-electron chi connectivity index (χ0n) is 16.0. The fourth-order valence-corrected chi connectivity index (χ4v) is 3.28. The number of nitrogens with zero attached hydrogens (tertiary/aromatic N) is 1. The van der Waals surface area contributed by atoms with Gasteiger partial charge < -0.3 is 25.4 Å². The van der Waals surface area contributed by atoms with E-state index >= 15 is 0 Å². The van der Waals surface area contributed by atoms with Gasteiger partial charge in [0.15, 0.2) is 5.96 Å². The highest BCUT2D eigenvalue weighted by atomic mass is 16.5. The summed E-state index contributed by atoms with van der Waals surface area (Å²) in [6.07, 6.45) is 3.90. The average molecular weight is 374 g/mol. The quantitative estimate of drug-likeness (QED) is 0.502. The minimum absolute atomic E-state index is 0.0697. The molecule has 2 unspecified atom stereocenters. The average Bonchev–Trinajstić information content (AvgIpc) is 3.38. The van der Waals surface area contributed by atoms with Crippen molar-refractivity contribution in [2.24, 2.45) is 4.99 Å². The number of anilines is 1. The van der Waals surface area contributed by atoms with Crippen LogP contribution in [-0.4, -0.2) is 50.4 Å². The molecule has 0 aromatic heterocycles. The van der Waals surface area contributed by atoms with Crippen LogP contribution in [0.2, 0.25) is 0 Å². The number of carbonyl (C=O) groups excluding carboxylic acids is 1. The maximum atomic E-state index is 12.2. The van der Waals surface area contributed by atoms with Crippen molar-refractivity contribution in [3.8, 4) is 0 Å². The minimum Gasteiger partial charge on any atom is -0.376 e. The SMILES string of the molecule is CCNC(=NCc1cccc(NC(=O)C2CCCO2)c1)NCC1CCCO1. The van der Waals surface area contributed by atoms with Gasteiger partial charge in [-0.05, 0) is 50.3 Å². The van der Waals surface area contributed by atoms with Gasteiger partial charge in [-0.15, -0.1) is 0 Å². The van der Waals surface area contributed by atoms with Gasteiger partial charge in [-0.1, -0.05) is 12.1 Å². The molecular formula is C20H30N4O3. The maximum Gasteiger partial charge on any atom is 0.253 e. The first-order valence-electron chi connectivity index (χ1n) is 9.90. The maximum absolute atomic E-state index is 12.2. The molecule has 0 bridgehead atoms. The molecule has 1 aromatic carbocycles. The van der Waals surface area contributed by atoms with E-state index in [1.54, 1.807) is 0 Å². The van der Waals surface area contributed by atoms with Crippen molar-refractivity contribution in [2.45, 2.75) is 51.4 Å². The number of carbonyl (C=O) groups is 1. The first-order chi connectivity index (χ1) is 13.2. The van der Waals surface area contributed by atoms with Crippen LogP contribution in [0.4, 0.5) is 5.69 Å². The van der Waals surface area contributed by atoms with Gasteiger partial charge in [0.2, 0.25) is 0 Å². The molecule has 2 atom stereocenters. The molecule has 27 heavy (non-hydrogen) atoms. The topological polar surface area (TPSA) is 84.0 Å². The van der Waals surface area contributed by atoms with Gasteiger partial charge in [-0.25, -0.2) is 4.99 Å². The molecule has 3 N–H and O–H groups in total. The molecular weight excluding hydrogens is 344 g/mol. The van der Waals surface area contributed by atoms with E-state index in [0.717, 1.165) is 62.6 Å². The van der Waals surface area contributed by atoms with E-state index in [0.29, 0.717) is 13.2 Å². The van der Waals surface area contributed by atoms with Gasteiger partial charge in [0.05, 0.1) is 12.6 Å². The van der Waals surface area contributed by atoms with Crippen molar-refractivity contribution in [1.29, 1.82) is 0 Å². The van der Waals surface area contributed by atoms with E-state index in [9.17, 15) is 4.79 Å². The normalized spacial score (nSPS) is 22.6. The van der Waals surface area contributed by atoms with E-state index in [-0.39, 0.29) is 18.1 Å². The minimum atomic E-state index is -0.325. The van der Waals surface area contributed by atoms with Gasteiger partial charge in [0, 0.05) is 32.0 Å². The fraction of sp³-hybridized carbons (Fsp3) is 0.600. The summed E-state index contributed by atoms with van der Waals surface area (Å²) in [7, 11) is 0. The monoisotopic (exact) mass is 374 g/mol. The Kier molecular flexibility index (Phi) is 7.47. The Bertz CT molecular complexity index is 638. The largest absolute Gasteiger partial charge is 0.376 e. The lowest BCUT2D eigenvalue weighted by Crippen LogP contribution is -2.41. The molecule has 2 aliphatic heterocycles. The highest BCUT2D eigenvalue weighted by Crippen LogP contribution is 2.16.